The lowest BCUT2D eigenvalue weighted by atomic mass is 9.72. The molecule has 2 rings (SSSR count). The highest BCUT2D eigenvalue weighted by atomic mass is 16.5. The number of nitrogens with one attached hydrogen (secondary N) is 1. The first-order valence-corrected chi connectivity index (χ1v) is 7.88. The van der Waals surface area contributed by atoms with Crippen LogP contribution in [0.25, 0.3) is 0 Å². The van der Waals surface area contributed by atoms with E-state index in [0.717, 1.165) is 12.2 Å². The molecule has 2 unspecified atom stereocenters. The van der Waals surface area contributed by atoms with Crippen LogP contribution in [0.1, 0.15) is 58.4 Å². The van der Waals surface area contributed by atoms with Crippen molar-refractivity contribution in [3.05, 3.63) is 29.8 Å². The quantitative estimate of drug-likeness (QED) is 0.881. The maximum absolute atomic E-state index is 6.27. The zero-order valence-electron chi connectivity index (χ0n) is 13.6. The van der Waals surface area contributed by atoms with E-state index in [4.69, 9.17) is 4.74 Å². The Morgan fingerprint density at radius 3 is 2.40 bits per heavy atom. The molecular formula is C18H29NO. The van der Waals surface area contributed by atoms with Gasteiger partial charge < -0.3 is 10.1 Å². The van der Waals surface area contributed by atoms with Crippen LogP contribution in [0.2, 0.25) is 0 Å². The van der Waals surface area contributed by atoms with Gasteiger partial charge in [-0.2, -0.15) is 0 Å². The second-order valence-electron chi connectivity index (χ2n) is 7.03. The number of likely N-dealkylation sites (N-methyl/N-ethyl adjacent to an activating group) is 1. The first-order chi connectivity index (χ1) is 9.44. The molecule has 0 amide bonds. The number of ether oxygens (including phenoxy) is 1. The van der Waals surface area contributed by atoms with Crippen molar-refractivity contribution in [1.82, 2.24) is 5.32 Å². The van der Waals surface area contributed by atoms with Crippen LogP contribution in [0.15, 0.2) is 24.3 Å². The number of rotatable bonds is 4. The van der Waals surface area contributed by atoms with Gasteiger partial charge in [-0.05, 0) is 55.3 Å². The molecule has 1 aliphatic carbocycles. The van der Waals surface area contributed by atoms with E-state index in [0.29, 0.717) is 17.4 Å². The third-order valence-corrected chi connectivity index (χ3v) is 4.67. The molecular weight excluding hydrogens is 246 g/mol. The normalized spacial score (nSPS) is 25.7. The van der Waals surface area contributed by atoms with Crippen molar-refractivity contribution in [1.29, 1.82) is 0 Å². The van der Waals surface area contributed by atoms with Gasteiger partial charge >= 0.3 is 0 Å². The van der Waals surface area contributed by atoms with Gasteiger partial charge in [0.15, 0.2) is 0 Å². The van der Waals surface area contributed by atoms with Gasteiger partial charge in [0.1, 0.15) is 11.9 Å². The summed E-state index contributed by atoms with van der Waals surface area (Å²) in [7, 11) is 2.05. The summed E-state index contributed by atoms with van der Waals surface area (Å²) in [6.45, 7) is 9.12. The zero-order valence-corrected chi connectivity index (χ0v) is 13.6. The van der Waals surface area contributed by atoms with Gasteiger partial charge in [-0.1, -0.05) is 39.8 Å². The SMILES string of the molecule is CNC1C(Oc2ccc(C(C)C)cc2)CCCC1(C)C. The van der Waals surface area contributed by atoms with Crippen LogP contribution in [0.5, 0.6) is 5.75 Å². The van der Waals surface area contributed by atoms with E-state index in [9.17, 15) is 0 Å². The molecule has 2 atom stereocenters. The fraction of sp³-hybridized carbons (Fsp3) is 0.667. The summed E-state index contributed by atoms with van der Waals surface area (Å²) in [5.74, 6) is 1.57. The van der Waals surface area contributed by atoms with Gasteiger partial charge in [-0.25, -0.2) is 0 Å². The average Bonchev–Trinajstić information content (AvgIpc) is 2.38. The number of hydrogen-bond acceptors (Lipinski definition) is 2. The van der Waals surface area contributed by atoms with E-state index >= 15 is 0 Å². The van der Waals surface area contributed by atoms with Crippen molar-refractivity contribution in [3.63, 3.8) is 0 Å². The summed E-state index contributed by atoms with van der Waals surface area (Å²) in [6, 6.07) is 9.01. The monoisotopic (exact) mass is 275 g/mol. The van der Waals surface area contributed by atoms with Gasteiger partial charge in [0.05, 0.1) is 0 Å². The van der Waals surface area contributed by atoms with Crippen LogP contribution < -0.4 is 10.1 Å². The Morgan fingerprint density at radius 1 is 1.20 bits per heavy atom. The van der Waals surface area contributed by atoms with Crippen LogP contribution >= 0.6 is 0 Å². The highest BCUT2D eigenvalue weighted by molar-refractivity contribution is 5.29. The Morgan fingerprint density at radius 2 is 1.85 bits per heavy atom. The lowest BCUT2D eigenvalue weighted by Gasteiger charge is -2.43. The summed E-state index contributed by atoms with van der Waals surface area (Å²) in [5.41, 5.74) is 1.67. The molecule has 0 saturated heterocycles. The summed E-state index contributed by atoms with van der Waals surface area (Å²) < 4.78 is 6.27. The molecule has 1 aromatic carbocycles. The molecule has 0 spiro atoms. The first-order valence-electron chi connectivity index (χ1n) is 7.88. The summed E-state index contributed by atoms with van der Waals surface area (Å²) in [5, 5.41) is 3.47. The largest absolute Gasteiger partial charge is 0.489 e. The standard InChI is InChI=1S/C18H29NO/c1-13(2)14-8-10-15(11-9-14)20-16-7-6-12-18(3,4)17(16)19-5/h8-11,13,16-17,19H,6-7,12H2,1-5H3. The lowest BCUT2D eigenvalue weighted by Crippen LogP contribution is -2.53. The van der Waals surface area contributed by atoms with Gasteiger partial charge in [0, 0.05) is 6.04 Å². The molecule has 112 valence electrons. The van der Waals surface area contributed by atoms with Gasteiger partial charge in [0.25, 0.3) is 0 Å². The Labute approximate surface area is 123 Å². The predicted octanol–water partition coefficient (Wildman–Crippen LogP) is 4.36. The van der Waals surface area contributed by atoms with Crippen molar-refractivity contribution in [2.75, 3.05) is 7.05 Å². The summed E-state index contributed by atoms with van der Waals surface area (Å²) in [6.07, 6.45) is 3.93. The molecule has 2 nitrogen and oxygen atoms in total. The Hall–Kier alpha value is -1.02. The van der Waals surface area contributed by atoms with Crippen LogP contribution in [0.4, 0.5) is 0 Å². The molecule has 0 heterocycles. The minimum absolute atomic E-state index is 0.272. The second kappa shape index (κ2) is 6.17. The Bertz CT molecular complexity index is 422. The molecule has 1 saturated carbocycles. The minimum Gasteiger partial charge on any atom is -0.489 e. The van der Waals surface area contributed by atoms with Crippen LogP contribution in [0, 0.1) is 5.41 Å². The maximum Gasteiger partial charge on any atom is 0.119 e. The molecule has 0 aliphatic heterocycles. The maximum atomic E-state index is 6.27. The van der Waals surface area contributed by atoms with E-state index in [1.807, 2.05) is 0 Å². The summed E-state index contributed by atoms with van der Waals surface area (Å²) in [4.78, 5) is 0. The van der Waals surface area contributed by atoms with E-state index < -0.39 is 0 Å². The van der Waals surface area contributed by atoms with E-state index in [-0.39, 0.29) is 6.10 Å². The fourth-order valence-electron chi connectivity index (χ4n) is 3.39. The molecule has 1 N–H and O–H groups in total. The highest BCUT2D eigenvalue weighted by Crippen LogP contribution is 2.37. The fourth-order valence-corrected chi connectivity index (χ4v) is 3.39. The second-order valence-corrected chi connectivity index (χ2v) is 7.03. The van der Waals surface area contributed by atoms with Gasteiger partial charge in [-0.3, -0.25) is 0 Å². The van der Waals surface area contributed by atoms with Crippen LogP contribution in [0.3, 0.4) is 0 Å². The lowest BCUT2D eigenvalue weighted by molar-refractivity contribution is 0.0404. The molecule has 20 heavy (non-hydrogen) atoms. The van der Waals surface area contributed by atoms with Crippen molar-refractivity contribution in [3.8, 4) is 5.75 Å². The van der Waals surface area contributed by atoms with E-state index in [2.05, 4.69) is 64.3 Å². The third-order valence-electron chi connectivity index (χ3n) is 4.67. The topological polar surface area (TPSA) is 21.3 Å². The Balaban J connectivity index is 2.08. The molecule has 1 aliphatic rings. The Kier molecular flexibility index (Phi) is 4.74. The van der Waals surface area contributed by atoms with Crippen molar-refractivity contribution in [2.45, 2.75) is 65.0 Å². The smallest absolute Gasteiger partial charge is 0.119 e. The van der Waals surface area contributed by atoms with Gasteiger partial charge in [-0.15, -0.1) is 0 Å². The molecule has 2 heteroatoms. The van der Waals surface area contributed by atoms with Crippen molar-refractivity contribution >= 4 is 0 Å². The third kappa shape index (κ3) is 3.35. The predicted molar refractivity (Wildman–Crippen MR) is 85.4 cm³/mol. The summed E-state index contributed by atoms with van der Waals surface area (Å²) >= 11 is 0. The molecule has 1 aromatic rings. The average molecular weight is 275 g/mol. The zero-order chi connectivity index (χ0) is 14.8. The van der Waals surface area contributed by atoms with Crippen LogP contribution in [-0.2, 0) is 0 Å². The van der Waals surface area contributed by atoms with Crippen molar-refractivity contribution < 1.29 is 4.74 Å². The molecule has 0 bridgehead atoms. The highest BCUT2D eigenvalue weighted by Gasteiger charge is 2.39. The van der Waals surface area contributed by atoms with Crippen LogP contribution in [-0.4, -0.2) is 19.2 Å². The first kappa shape index (κ1) is 15.4. The van der Waals surface area contributed by atoms with E-state index in [1.165, 1.54) is 18.4 Å². The molecule has 0 radical (unpaired) electrons. The minimum atomic E-state index is 0.272. The number of hydrogen-bond donors (Lipinski definition) is 1. The van der Waals surface area contributed by atoms with Crippen molar-refractivity contribution in [2.24, 2.45) is 5.41 Å². The molecule has 0 aromatic heterocycles. The number of benzene rings is 1. The molecule has 1 fully saturated rings. The van der Waals surface area contributed by atoms with Gasteiger partial charge in [0.2, 0.25) is 0 Å². The van der Waals surface area contributed by atoms with E-state index in [1.54, 1.807) is 0 Å².